The number of primary amides is 1. The van der Waals surface area contributed by atoms with E-state index < -0.39 is 5.91 Å². The highest BCUT2D eigenvalue weighted by Gasteiger charge is 2.29. The third-order valence-corrected chi connectivity index (χ3v) is 4.22. The van der Waals surface area contributed by atoms with Crippen molar-refractivity contribution >= 4 is 17.3 Å². The maximum atomic E-state index is 11.2. The smallest absolute Gasteiger partial charge is 0.248 e. The third kappa shape index (κ3) is 2.67. The Balaban J connectivity index is 2.32. The van der Waals surface area contributed by atoms with Crippen LogP contribution in [0.2, 0.25) is 0 Å². The predicted octanol–water partition coefficient (Wildman–Crippen LogP) is 2.24. The highest BCUT2D eigenvalue weighted by molar-refractivity contribution is 5.94. The average Bonchev–Trinajstić information content (AvgIpc) is 2.33. The van der Waals surface area contributed by atoms with Gasteiger partial charge in [-0.3, -0.25) is 4.79 Å². The molecule has 1 amide bonds. The molecular weight excluding hydrogens is 238 g/mol. The molecule has 0 aliphatic carbocycles. The van der Waals surface area contributed by atoms with Crippen molar-refractivity contribution in [2.45, 2.75) is 33.2 Å². The monoisotopic (exact) mass is 261 g/mol. The van der Waals surface area contributed by atoms with Crippen molar-refractivity contribution in [3.05, 3.63) is 23.8 Å². The number of carbonyl (C=O) groups is 1. The largest absolute Gasteiger partial charge is 0.397 e. The lowest BCUT2D eigenvalue weighted by molar-refractivity contribution is 0.100. The number of rotatable bonds is 2. The molecule has 1 aromatic rings. The summed E-state index contributed by atoms with van der Waals surface area (Å²) in [7, 11) is 0. The Morgan fingerprint density at radius 3 is 2.58 bits per heavy atom. The van der Waals surface area contributed by atoms with Crippen LogP contribution in [0.25, 0.3) is 0 Å². The van der Waals surface area contributed by atoms with E-state index in [-0.39, 0.29) is 0 Å². The standard InChI is InChI=1S/C15H23N3O/c1-9-6-10(2)11(3)18(8-9)14-5-4-12(15(17)19)7-13(14)16/h4-5,7,9-11H,6,8,16H2,1-3H3,(H2,17,19). The molecular formula is C15H23N3O. The second kappa shape index (κ2) is 5.11. The number of amides is 1. The summed E-state index contributed by atoms with van der Waals surface area (Å²) in [5.41, 5.74) is 13.5. The van der Waals surface area contributed by atoms with E-state index in [0.717, 1.165) is 12.2 Å². The number of benzene rings is 1. The number of piperidine rings is 1. The quantitative estimate of drug-likeness (QED) is 0.802. The molecule has 0 spiro atoms. The Bertz CT molecular complexity index is 486. The van der Waals surface area contributed by atoms with Crippen LogP contribution in [0.1, 0.15) is 37.6 Å². The first-order chi connectivity index (χ1) is 8.90. The Kier molecular flexibility index (Phi) is 3.69. The van der Waals surface area contributed by atoms with Gasteiger partial charge >= 0.3 is 0 Å². The van der Waals surface area contributed by atoms with Crippen molar-refractivity contribution in [1.82, 2.24) is 0 Å². The lowest BCUT2D eigenvalue weighted by atomic mass is 9.85. The molecule has 4 N–H and O–H groups in total. The number of nitrogen functional groups attached to an aromatic ring is 1. The fraction of sp³-hybridized carbons (Fsp3) is 0.533. The van der Waals surface area contributed by atoms with Gasteiger partial charge in [0, 0.05) is 18.2 Å². The van der Waals surface area contributed by atoms with Crippen molar-refractivity contribution in [2.24, 2.45) is 17.6 Å². The van der Waals surface area contributed by atoms with Gasteiger partial charge in [0.1, 0.15) is 0 Å². The molecule has 3 atom stereocenters. The number of nitrogens with two attached hydrogens (primary N) is 2. The van der Waals surface area contributed by atoms with E-state index >= 15 is 0 Å². The topological polar surface area (TPSA) is 72.3 Å². The van der Waals surface area contributed by atoms with Crippen LogP contribution < -0.4 is 16.4 Å². The highest BCUT2D eigenvalue weighted by Crippen LogP contribution is 2.34. The van der Waals surface area contributed by atoms with Crippen molar-refractivity contribution < 1.29 is 4.79 Å². The van der Waals surface area contributed by atoms with Gasteiger partial charge in [-0.2, -0.15) is 0 Å². The second-order valence-electron chi connectivity index (χ2n) is 5.85. The summed E-state index contributed by atoms with van der Waals surface area (Å²) >= 11 is 0. The summed E-state index contributed by atoms with van der Waals surface area (Å²) in [5, 5.41) is 0. The van der Waals surface area contributed by atoms with Crippen molar-refractivity contribution in [1.29, 1.82) is 0 Å². The van der Waals surface area contributed by atoms with Crippen molar-refractivity contribution in [2.75, 3.05) is 17.2 Å². The van der Waals surface area contributed by atoms with Crippen molar-refractivity contribution in [3.63, 3.8) is 0 Å². The van der Waals surface area contributed by atoms with E-state index in [0.29, 0.717) is 29.1 Å². The van der Waals surface area contributed by atoms with Gasteiger partial charge in [-0.15, -0.1) is 0 Å². The summed E-state index contributed by atoms with van der Waals surface area (Å²) in [6, 6.07) is 5.80. The minimum atomic E-state index is -0.438. The zero-order valence-electron chi connectivity index (χ0n) is 11.9. The summed E-state index contributed by atoms with van der Waals surface area (Å²) in [5.74, 6) is 0.854. The highest BCUT2D eigenvalue weighted by atomic mass is 16.1. The Labute approximate surface area is 114 Å². The van der Waals surface area contributed by atoms with Gasteiger partial charge in [0.05, 0.1) is 11.4 Å². The Hall–Kier alpha value is -1.71. The number of anilines is 2. The molecule has 0 bridgehead atoms. The first-order valence-corrected chi connectivity index (χ1v) is 6.86. The molecule has 1 aliphatic rings. The Morgan fingerprint density at radius 2 is 2.00 bits per heavy atom. The molecule has 4 heteroatoms. The third-order valence-electron chi connectivity index (χ3n) is 4.22. The van der Waals surface area contributed by atoms with Gasteiger partial charge in [0.2, 0.25) is 5.91 Å². The zero-order chi connectivity index (χ0) is 14.2. The van der Waals surface area contributed by atoms with Crippen LogP contribution in [0.4, 0.5) is 11.4 Å². The summed E-state index contributed by atoms with van der Waals surface area (Å²) in [6.07, 6.45) is 1.25. The summed E-state index contributed by atoms with van der Waals surface area (Å²) < 4.78 is 0. The van der Waals surface area contributed by atoms with Crippen LogP contribution >= 0.6 is 0 Å². The van der Waals surface area contributed by atoms with E-state index in [2.05, 4.69) is 25.7 Å². The minimum Gasteiger partial charge on any atom is -0.397 e. The number of hydrogen-bond acceptors (Lipinski definition) is 3. The van der Waals surface area contributed by atoms with Crippen LogP contribution in [0, 0.1) is 11.8 Å². The molecule has 104 valence electrons. The number of carbonyl (C=O) groups excluding carboxylic acids is 1. The van der Waals surface area contributed by atoms with Crippen LogP contribution in [0.3, 0.4) is 0 Å². The fourth-order valence-corrected chi connectivity index (χ4v) is 3.00. The molecule has 0 aromatic heterocycles. The molecule has 1 heterocycles. The lowest BCUT2D eigenvalue weighted by Gasteiger charge is -2.43. The van der Waals surface area contributed by atoms with Gasteiger partial charge in [-0.1, -0.05) is 13.8 Å². The molecule has 1 saturated heterocycles. The summed E-state index contributed by atoms with van der Waals surface area (Å²) in [4.78, 5) is 13.5. The zero-order valence-corrected chi connectivity index (χ0v) is 11.9. The molecule has 3 unspecified atom stereocenters. The minimum absolute atomic E-state index is 0.438. The normalized spacial score (nSPS) is 27.3. The van der Waals surface area contributed by atoms with Crippen LogP contribution in [0.15, 0.2) is 18.2 Å². The van der Waals surface area contributed by atoms with Gasteiger partial charge in [-0.05, 0) is 43.4 Å². The maximum absolute atomic E-state index is 11.2. The molecule has 1 aliphatic heterocycles. The van der Waals surface area contributed by atoms with E-state index in [1.807, 2.05) is 6.07 Å². The SMILES string of the molecule is CC1CC(C)C(C)N(c2ccc(C(N)=O)cc2N)C1. The maximum Gasteiger partial charge on any atom is 0.248 e. The fourth-order valence-electron chi connectivity index (χ4n) is 3.00. The van der Waals surface area contributed by atoms with E-state index in [1.165, 1.54) is 6.42 Å². The first-order valence-electron chi connectivity index (χ1n) is 6.86. The van der Waals surface area contributed by atoms with Gasteiger partial charge in [0.15, 0.2) is 0 Å². The molecule has 2 rings (SSSR count). The summed E-state index contributed by atoms with van der Waals surface area (Å²) in [6.45, 7) is 7.79. The first kappa shape index (κ1) is 13.7. The molecule has 4 nitrogen and oxygen atoms in total. The molecule has 0 radical (unpaired) electrons. The van der Waals surface area contributed by atoms with Crippen molar-refractivity contribution in [3.8, 4) is 0 Å². The van der Waals surface area contributed by atoms with Crippen LogP contribution in [-0.2, 0) is 0 Å². The second-order valence-corrected chi connectivity index (χ2v) is 5.85. The van der Waals surface area contributed by atoms with Gasteiger partial charge in [0.25, 0.3) is 0 Å². The Morgan fingerprint density at radius 1 is 1.32 bits per heavy atom. The number of nitrogens with zero attached hydrogens (tertiary/aromatic N) is 1. The van der Waals surface area contributed by atoms with E-state index in [4.69, 9.17) is 11.5 Å². The van der Waals surface area contributed by atoms with E-state index in [1.54, 1.807) is 12.1 Å². The molecule has 1 aromatic carbocycles. The van der Waals surface area contributed by atoms with Gasteiger partial charge < -0.3 is 16.4 Å². The van der Waals surface area contributed by atoms with Crippen LogP contribution in [-0.4, -0.2) is 18.5 Å². The van der Waals surface area contributed by atoms with Crippen LogP contribution in [0.5, 0.6) is 0 Å². The average molecular weight is 261 g/mol. The lowest BCUT2D eigenvalue weighted by Crippen LogP contribution is -2.46. The van der Waals surface area contributed by atoms with E-state index in [9.17, 15) is 4.79 Å². The molecule has 19 heavy (non-hydrogen) atoms. The van der Waals surface area contributed by atoms with Gasteiger partial charge in [-0.25, -0.2) is 0 Å². The predicted molar refractivity (Wildman–Crippen MR) is 79.1 cm³/mol. The molecule has 1 fully saturated rings. The molecule has 0 saturated carbocycles. The number of hydrogen-bond donors (Lipinski definition) is 2.